The summed E-state index contributed by atoms with van der Waals surface area (Å²) in [7, 11) is 0. The molecule has 4 heteroatoms. The van der Waals surface area contributed by atoms with Crippen LogP contribution in [0.1, 0.15) is 32.6 Å². The quantitative estimate of drug-likeness (QED) is 0.791. The Hall–Kier alpha value is -1.71. The number of carbonyl (C=O) groups is 1. The fraction of sp³-hybridized carbons (Fsp3) is 0.562. The molecule has 3 N–H and O–H groups in total. The summed E-state index contributed by atoms with van der Waals surface area (Å²) in [5.41, 5.74) is 0.614. The van der Waals surface area contributed by atoms with E-state index in [1.807, 2.05) is 0 Å². The first-order valence-corrected chi connectivity index (χ1v) is 7.48. The Morgan fingerprint density at radius 1 is 1.35 bits per heavy atom. The Kier molecular flexibility index (Phi) is 3.55. The van der Waals surface area contributed by atoms with Crippen LogP contribution in [0.5, 0.6) is 5.75 Å². The molecule has 0 aromatic heterocycles. The van der Waals surface area contributed by atoms with Gasteiger partial charge in [0, 0.05) is 17.8 Å². The average molecular weight is 274 g/mol. The SMILES string of the molecule is CC(NC(=O)Nc1cccc(O)c1)C1CC2CCC1C2. The van der Waals surface area contributed by atoms with Gasteiger partial charge in [-0.2, -0.15) is 0 Å². The standard InChI is InChI=1S/C16H22N2O2/c1-10(15-8-11-5-6-12(15)7-11)17-16(20)18-13-3-2-4-14(19)9-13/h2-4,9-12,15,19H,5-8H2,1H3,(H2,17,18,20). The minimum Gasteiger partial charge on any atom is -0.508 e. The number of rotatable bonds is 3. The highest BCUT2D eigenvalue weighted by Crippen LogP contribution is 2.49. The van der Waals surface area contributed by atoms with Gasteiger partial charge in [-0.05, 0) is 56.1 Å². The number of aromatic hydroxyl groups is 1. The van der Waals surface area contributed by atoms with Crippen LogP contribution in [0.25, 0.3) is 0 Å². The molecule has 2 saturated carbocycles. The highest BCUT2D eigenvalue weighted by molar-refractivity contribution is 5.89. The Morgan fingerprint density at radius 3 is 2.85 bits per heavy atom. The molecule has 2 aliphatic carbocycles. The van der Waals surface area contributed by atoms with Gasteiger partial charge < -0.3 is 15.7 Å². The van der Waals surface area contributed by atoms with Gasteiger partial charge in [-0.25, -0.2) is 4.79 Å². The molecule has 4 atom stereocenters. The van der Waals surface area contributed by atoms with Crippen molar-refractivity contribution < 1.29 is 9.90 Å². The van der Waals surface area contributed by atoms with E-state index in [2.05, 4.69) is 17.6 Å². The minimum atomic E-state index is -0.189. The minimum absolute atomic E-state index is 0.156. The van der Waals surface area contributed by atoms with Crippen molar-refractivity contribution in [2.75, 3.05) is 5.32 Å². The fourth-order valence-corrected chi connectivity index (χ4v) is 3.97. The lowest BCUT2D eigenvalue weighted by atomic mass is 9.84. The van der Waals surface area contributed by atoms with Crippen LogP contribution < -0.4 is 10.6 Å². The molecular formula is C16H22N2O2. The van der Waals surface area contributed by atoms with Crippen LogP contribution >= 0.6 is 0 Å². The largest absolute Gasteiger partial charge is 0.508 e. The summed E-state index contributed by atoms with van der Waals surface area (Å²) in [4.78, 5) is 12.0. The molecule has 3 rings (SSSR count). The van der Waals surface area contributed by atoms with Gasteiger partial charge in [0.2, 0.25) is 0 Å². The fourth-order valence-electron chi connectivity index (χ4n) is 3.97. The molecule has 2 bridgehead atoms. The number of hydrogen-bond donors (Lipinski definition) is 3. The monoisotopic (exact) mass is 274 g/mol. The van der Waals surface area contributed by atoms with Gasteiger partial charge in [0.05, 0.1) is 0 Å². The van der Waals surface area contributed by atoms with Crippen molar-refractivity contribution in [1.29, 1.82) is 0 Å². The van der Waals surface area contributed by atoms with Gasteiger partial charge in [-0.1, -0.05) is 12.5 Å². The molecule has 1 aromatic rings. The maximum atomic E-state index is 12.0. The van der Waals surface area contributed by atoms with Crippen molar-refractivity contribution in [2.24, 2.45) is 17.8 Å². The zero-order valence-electron chi connectivity index (χ0n) is 11.8. The Balaban J connectivity index is 1.53. The lowest BCUT2D eigenvalue weighted by Crippen LogP contribution is -2.42. The van der Waals surface area contributed by atoms with Crippen molar-refractivity contribution in [3.63, 3.8) is 0 Å². The smallest absolute Gasteiger partial charge is 0.319 e. The number of urea groups is 1. The van der Waals surface area contributed by atoms with Gasteiger partial charge in [0.15, 0.2) is 0 Å². The highest BCUT2D eigenvalue weighted by atomic mass is 16.3. The normalized spacial score (nSPS) is 29.1. The topological polar surface area (TPSA) is 61.4 Å². The van der Waals surface area contributed by atoms with E-state index in [-0.39, 0.29) is 17.8 Å². The second kappa shape index (κ2) is 5.35. The number of phenols is 1. The third kappa shape index (κ3) is 2.74. The summed E-state index contributed by atoms with van der Waals surface area (Å²) in [6.07, 6.45) is 5.32. The number of nitrogens with one attached hydrogen (secondary N) is 2. The molecule has 2 fully saturated rings. The van der Waals surface area contributed by atoms with E-state index in [9.17, 15) is 9.90 Å². The van der Waals surface area contributed by atoms with Crippen LogP contribution in [-0.4, -0.2) is 17.2 Å². The number of carbonyl (C=O) groups excluding carboxylic acids is 1. The van der Waals surface area contributed by atoms with E-state index < -0.39 is 0 Å². The molecular weight excluding hydrogens is 252 g/mol. The van der Waals surface area contributed by atoms with Crippen molar-refractivity contribution in [3.05, 3.63) is 24.3 Å². The number of benzene rings is 1. The lowest BCUT2D eigenvalue weighted by molar-refractivity contribution is 0.230. The van der Waals surface area contributed by atoms with Crippen LogP contribution in [0, 0.1) is 17.8 Å². The predicted octanol–water partition coefficient (Wildman–Crippen LogP) is 3.34. The van der Waals surface area contributed by atoms with Gasteiger partial charge in [0.25, 0.3) is 0 Å². The van der Waals surface area contributed by atoms with E-state index in [4.69, 9.17) is 0 Å². The molecule has 4 nitrogen and oxygen atoms in total. The average Bonchev–Trinajstić information content (AvgIpc) is 3.00. The molecule has 0 aliphatic heterocycles. The first-order valence-electron chi connectivity index (χ1n) is 7.48. The number of amides is 2. The zero-order valence-corrected chi connectivity index (χ0v) is 11.8. The van der Waals surface area contributed by atoms with Crippen molar-refractivity contribution >= 4 is 11.7 Å². The number of hydrogen-bond acceptors (Lipinski definition) is 2. The van der Waals surface area contributed by atoms with E-state index in [1.165, 1.54) is 25.7 Å². The first kappa shape index (κ1) is 13.3. The third-order valence-electron chi connectivity index (χ3n) is 4.90. The summed E-state index contributed by atoms with van der Waals surface area (Å²) >= 11 is 0. The van der Waals surface area contributed by atoms with Gasteiger partial charge in [0.1, 0.15) is 5.75 Å². The van der Waals surface area contributed by atoms with Crippen LogP contribution in [0.15, 0.2) is 24.3 Å². The zero-order chi connectivity index (χ0) is 14.1. The van der Waals surface area contributed by atoms with Gasteiger partial charge in [-0.3, -0.25) is 0 Å². The number of anilines is 1. The molecule has 108 valence electrons. The van der Waals surface area contributed by atoms with Crippen LogP contribution in [0.3, 0.4) is 0 Å². The molecule has 0 saturated heterocycles. The molecule has 2 amide bonds. The number of fused-ring (bicyclic) bond motifs is 2. The Labute approximate surface area is 119 Å². The van der Waals surface area contributed by atoms with Crippen LogP contribution in [0.2, 0.25) is 0 Å². The molecule has 4 unspecified atom stereocenters. The first-order chi connectivity index (χ1) is 9.61. The van der Waals surface area contributed by atoms with E-state index >= 15 is 0 Å². The predicted molar refractivity (Wildman–Crippen MR) is 78.7 cm³/mol. The Bertz CT molecular complexity index is 503. The number of phenolic OH excluding ortho intramolecular Hbond substituents is 1. The van der Waals surface area contributed by atoms with E-state index in [0.29, 0.717) is 11.6 Å². The molecule has 20 heavy (non-hydrogen) atoms. The highest BCUT2D eigenvalue weighted by Gasteiger charge is 2.42. The maximum absolute atomic E-state index is 12.0. The maximum Gasteiger partial charge on any atom is 0.319 e. The third-order valence-corrected chi connectivity index (χ3v) is 4.90. The Morgan fingerprint density at radius 2 is 2.20 bits per heavy atom. The van der Waals surface area contributed by atoms with Gasteiger partial charge in [-0.15, -0.1) is 0 Å². The summed E-state index contributed by atoms with van der Waals surface area (Å²) < 4.78 is 0. The molecule has 2 aliphatic rings. The van der Waals surface area contributed by atoms with Crippen LogP contribution in [0.4, 0.5) is 10.5 Å². The van der Waals surface area contributed by atoms with Crippen molar-refractivity contribution in [2.45, 2.75) is 38.6 Å². The molecule has 0 spiro atoms. The van der Waals surface area contributed by atoms with E-state index in [1.54, 1.807) is 24.3 Å². The second-order valence-corrected chi connectivity index (χ2v) is 6.28. The van der Waals surface area contributed by atoms with Crippen LogP contribution in [-0.2, 0) is 0 Å². The van der Waals surface area contributed by atoms with Gasteiger partial charge >= 0.3 is 6.03 Å². The lowest BCUT2D eigenvalue weighted by Gasteiger charge is -2.28. The molecule has 1 aromatic carbocycles. The summed E-state index contributed by atoms with van der Waals surface area (Å²) in [6, 6.07) is 6.63. The van der Waals surface area contributed by atoms with Crippen molar-refractivity contribution in [3.8, 4) is 5.75 Å². The summed E-state index contributed by atoms with van der Waals surface area (Å²) in [5.74, 6) is 2.48. The molecule has 0 heterocycles. The second-order valence-electron chi connectivity index (χ2n) is 6.28. The summed E-state index contributed by atoms with van der Waals surface area (Å²) in [6.45, 7) is 2.10. The molecule has 0 radical (unpaired) electrons. The van der Waals surface area contributed by atoms with E-state index in [0.717, 1.165) is 11.8 Å². The summed E-state index contributed by atoms with van der Waals surface area (Å²) in [5, 5.41) is 15.2. The van der Waals surface area contributed by atoms with Crippen molar-refractivity contribution in [1.82, 2.24) is 5.32 Å².